The Kier molecular flexibility index (Phi) is 5.84. The molecule has 6 rings (SSSR count). The van der Waals surface area contributed by atoms with Crippen molar-refractivity contribution in [3.63, 3.8) is 0 Å². The van der Waals surface area contributed by atoms with Gasteiger partial charge in [0.25, 0.3) is 5.92 Å². The van der Waals surface area contributed by atoms with Gasteiger partial charge in [-0.1, -0.05) is 6.07 Å². The van der Waals surface area contributed by atoms with E-state index in [0.29, 0.717) is 45.4 Å². The van der Waals surface area contributed by atoms with Crippen molar-refractivity contribution in [2.45, 2.75) is 56.8 Å². The zero-order valence-electron chi connectivity index (χ0n) is 19.6. The fraction of sp³-hybridized carbons (Fsp3) is 0.538. The van der Waals surface area contributed by atoms with Crippen molar-refractivity contribution < 1.29 is 23.0 Å². The molecule has 0 bridgehead atoms. The van der Waals surface area contributed by atoms with E-state index < -0.39 is 12.0 Å². The van der Waals surface area contributed by atoms with Gasteiger partial charge in [0.1, 0.15) is 11.9 Å². The summed E-state index contributed by atoms with van der Waals surface area (Å²) in [6, 6.07) is 10.1. The Morgan fingerprint density at radius 3 is 2.66 bits per heavy atom. The molecule has 35 heavy (non-hydrogen) atoms. The fourth-order valence-electron chi connectivity index (χ4n) is 5.36. The lowest BCUT2D eigenvalue weighted by Gasteiger charge is -2.33. The van der Waals surface area contributed by atoms with Crippen LogP contribution in [0.4, 0.5) is 31.7 Å². The normalized spacial score (nSPS) is 27.3. The number of anilines is 4. The Morgan fingerprint density at radius 2 is 1.91 bits per heavy atom. The molecule has 1 saturated heterocycles. The van der Waals surface area contributed by atoms with Crippen LogP contribution < -0.4 is 15.1 Å². The lowest BCUT2D eigenvalue weighted by molar-refractivity contribution is -0.125. The molecule has 3 heterocycles. The monoisotopic (exact) mass is 484 g/mol. The first-order chi connectivity index (χ1) is 17.0. The first kappa shape index (κ1) is 22.7. The van der Waals surface area contributed by atoms with Gasteiger partial charge in [0, 0.05) is 42.9 Å². The summed E-state index contributed by atoms with van der Waals surface area (Å²) in [5.74, 6) is -2.01. The second kappa shape index (κ2) is 9.02. The number of carbonyl (C=O) groups is 1. The maximum Gasteiger partial charge on any atom is 0.276 e. The molecule has 2 aromatic rings. The Labute approximate surface area is 203 Å². The zero-order chi connectivity index (χ0) is 24.0. The number of carbonyl (C=O) groups excluding carboxylic acids is 1. The van der Waals surface area contributed by atoms with Crippen LogP contribution in [0.2, 0.25) is 0 Å². The lowest BCUT2D eigenvalue weighted by Crippen LogP contribution is -2.39. The maximum atomic E-state index is 13.9. The van der Waals surface area contributed by atoms with E-state index in [1.54, 1.807) is 6.20 Å². The van der Waals surface area contributed by atoms with Crippen LogP contribution in [0.15, 0.2) is 36.5 Å². The molecule has 0 unspecified atom stereocenters. The Bertz CT molecular complexity index is 1100. The highest BCUT2D eigenvalue weighted by Crippen LogP contribution is 2.46. The van der Waals surface area contributed by atoms with Gasteiger partial charge < -0.3 is 24.6 Å². The molecule has 1 amide bonds. The quantitative estimate of drug-likeness (QED) is 0.690. The van der Waals surface area contributed by atoms with Crippen LogP contribution >= 0.6 is 0 Å². The molecule has 9 heteroatoms. The maximum absolute atomic E-state index is 13.9. The SMILES string of the molecule is O=C(C1CCC(O[C@@H]2CC2(F)F)CC1)N1Cc2cccnc2Nc2ccc(N3CCOCC3)cc21. The molecular weight excluding hydrogens is 454 g/mol. The molecule has 0 radical (unpaired) electrons. The first-order valence-electron chi connectivity index (χ1n) is 12.5. The predicted octanol–water partition coefficient (Wildman–Crippen LogP) is 4.49. The van der Waals surface area contributed by atoms with E-state index in [1.807, 2.05) is 23.1 Å². The number of halogens is 2. The van der Waals surface area contributed by atoms with E-state index >= 15 is 0 Å². The predicted molar refractivity (Wildman–Crippen MR) is 128 cm³/mol. The van der Waals surface area contributed by atoms with Crippen molar-refractivity contribution >= 4 is 28.8 Å². The summed E-state index contributed by atoms with van der Waals surface area (Å²) in [5.41, 5.74) is 3.71. The summed E-state index contributed by atoms with van der Waals surface area (Å²) in [6.07, 6.45) is 2.99. The molecule has 1 N–H and O–H groups in total. The second-order valence-corrected chi connectivity index (χ2v) is 9.92. The third-order valence-corrected chi connectivity index (χ3v) is 7.54. The van der Waals surface area contributed by atoms with Crippen molar-refractivity contribution in [3.05, 3.63) is 42.1 Å². The molecular formula is C26H30F2N4O3. The number of nitrogens with zero attached hydrogens (tertiary/aromatic N) is 3. The second-order valence-electron chi connectivity index (χ2n) is 9.92. The van der Waals surface area contributed by atoms with E-state index in [0.717, 1.165) is 41.5 Å². The highest BCUT2D eigenvalue weighted by Gasteiger charge is 2.59. The van der Waals surface area contributed by atoms with Crippen molar-refractivity contribution in [1.29, 1.82) is 0 Å². The van der Waals surface area contributed by atoms with Crippen LogP contribution in [-0.4, -0.2) is 55.3 Å². The molecule has 1 aromatic heterocycles. The van der Waals surface area contributed by atoms with Gasteiger partial charge in [0.05, 0.1) is 37.2 Å². The van der Waals surface area contributed by atoms with Crippen molar-refractivity contribution in [1.82, 2.24) is 4.98 Å². The minimum Gasteiger partial charge on any atom is -0.378 e. The van der Waals surface area contributed by atoms with Crippen LogP contribution in [0.3, 0.4) is 0 Å². The van der Waals surface area contributed by atoms with Gasteiger partial charge in [0.2, 0.25) is 5.91 Å². The number of amides is 1. The number of hydrogen-bond acceptors (Lipinski definition) is 6. The summed E-state index contributed by atoms with van der Waals surface area (Å²) in [5, 5.41) is 3.42. The summed E-state index contributed by atoms with van der Waals surface area (Å²) in [6.45, 7) is 3.42. The average Bonchev–Trinajstić information content (AvgIpc) is 3.53. The van der Waals surface area contributed by atoms with Crippen LogP contribution in [0.25, 0.3) is 0 Å². The number of aromatic nitrogens is 1. The van der Waals surface area contributed by atoms with Crippen LogP contribution in [-0.2, 0) is 20.8 Å². The van der Waals surface area contributed by atoms with Gasteiger partial charge in [-0.15, -0.1) is 0 Å². The van der Waals surface area contributed by atoms with Crippen LogP contribution in [0.5, 0.6) is 0 Å². The smallest absolute Gasteiger partial charge is 0.276 e. The van der Waals surface area contributed by atoms with E-state index in [2.05, 4.69) is 27.3 Å². The van der Waals surface area contributed by atoms with Crippen LogP contribution in [0, 0.1) is 5.92 Å². The van der Waals surface area contributed by atoms with Crippen LogP contribution in [0.1, 0.15) is 37.7 Å². The van der Waals surface area contributed by atoms with Crippen molar-refractivity contribution in [3.8, 4) is 0 Å². The molecule has 7 nitrogen and oxygen atoms in total. The fourth-order valence-corrected chi connectivity index (χ4v) is 5.36. The van der Waals surface area contributed by atoms with Gasteiger partial charge >= 0.3 is 0 Å². The summed E-state index contributed by atoms with van der Waals surface area (Å²) < 4.78 is 37.6. The number of alkyl halides is 2. The third kappa shape index (κ3) is 4.59. The van der Waals surface area contributed by atoms with Crippen molar-refractivity contribution in [2.24, 2.45) is 5.92 Å². The highest BCUT2D eigenvalue weighted by molar-refractivity contribution is 6.00. The third-order valence-electron chi connectivity index (χ3n) is 7.54. The Balaban J connectivity index is 1.24. The van der Waals surface area contributed by atoms with E-state index in [4.69, 9.17) is 9.47 Å². The largest absolute Gasteiger partial charge is 0.378 e. The van der Waals surface area contributed by atoms with Gasteiger partial charge in [-0.05, 0) is 49.9 Å². The summed E-state index contributed by atoms with van der Waals surface area (Å²) >= 11 is 0. The van der Waals surface area contributed by atoms with E-state index in [9.17, 15) is 13.6 Å². The minimum atomic E-state index is -2.67. The van der Waals surface area contributed by atoms with Gasteiger partial charge in [-0.25, -0.2) is 13.8 Å². The molecule has 2 saturated carbocycles. The first-order valence-corrected chi connectivity index (χ1v) is 12.5. The summed E-state index contributed by atoms with van der Waals surface area (Å²) in [7, 11) is 0. The highest BCUT2D eigenvalue weighted by atomic mass is 19.3. The minimum absolute atomic E-state index is 0.0686. The Morgan fingerprint density at radius 1 is 1.14 bits per heavy atom. The van der Waals surface area contributed by atoms with E-state index in [-0.39, 0.29) is 24.3 Å². The number of nitrogens with one attached hydrogen (secondary N) is 1. The number of pyridine rings is 1. The standard InChI is InChI=1S/C26H30F2N4O3/c27-26(28)15-23(26)35-20-6-3-17(4-7-20)25(33)32-16-18-2-1-9-29-24(18)30-21-8-5-19(14-22(21)32)31-10-12-34-13-11-31/h1-2,5,8-9,14,17,20,23H,3-4,6-7,10-13,15-16H2,(H,29,30)/t17?,20?,23-/m1/s1. The molecule has 186 valence electrons. The topological polar surface area (TPSA) is 66.9 Å². The van der Waals surface area contributed by atoms with E-state index in [1.165, 1.54) is 0 Å². The lowest BCUT2D eigenvalue weighted by atomic mass is 9.86. The van der Waals surface area contributed by atoms with Gasteiger partial charge in [0.15, 0.2) is 0 Å². The number of fused-ring (bicyclic) bond motifs is 2. The Hall–Kier alpha value is -2.78. The molecule has 2 aliphatic carbocycles. The average molecular weight is 485 g/mol. The zero-order valence-corrected chi connectivity index (χ0v) is 19.6. The molecule has 1 aromatic carbocycles. The number of hydrogen-bond donors (Lipinski definition) is 1. The molecule has 3 fully saturated rings. The number of ether oxygens (including phenoxy) is 2. The molecule has 1 atom stereocenters. The van der Waals surface area contributed by atoms with Crippen molar-refractivity contribution in [2.75, 3.05) is 41.4 Å². The molecule has 4 aliphatic rings. The summed E-state index contributed by atoms with van der Waals surface area (Å²) in [4.78, 5) is 22.5. The molecule has 2 aliphatic heterocycles. The number of morpholine rings is 1. The number of benzene rings is 1. The number of rotatable bonds is 4. The van der Waals surface area contributed by atoms with Gasteiger partial charge in [-0.3, -0.25) is 4.79 Å². The van der Waals surface area contributed by atoms with Gasteiger partial charge in [-0.2, -0.15) is 0 Å². The molecule has 0 spiro atoms.